The number of likely N-dealkylation sites (N-methyl/N-ethyl adjacent to an activating group) is 1. The Morgan fingerprint density at radius 1 is 1.26 bits per heavy atom. The summed E-state index contributed by atoms with van der Waals surface area (Å²) in [4.78, 5) is 24.3. The minimum atomic E-state index is -0.523. The number of para-hydroxylation sites is 2. The lowest BCUT2D eigenvalue weighted by Crippen LogP contribution is -2.30. The molecule has 7 heteroatoms. The van der Waals surface area contributed by atoms with Gasteiger partial charge in [-0.05, 0) is 30.8 Å². The molecule has 0 saturated carbocycles. The Balaban J connectivity index is 1.96. The SMILES string of the molecule is CN(CC(=O)Nc1ccccc1[N+](=O)[O-])Cc1cccc(Cl)c1. The Bertz CT molecular complexity index is 721. The number of hydrogen-bond acceptors (Lipinski definition) is 4. The maximum atomic E-state index is 12.1. The molecule has 2 aromatic carbocycles. The molecule has 0 aromatic heterocycles. The van der Waals surface area contributed by atoms with Crippen molar-refractivity contribution in [1.82, 2.24) is 4.90 Å². The molecule has 0 heterocycles. The molecule has 0 aliphatic heterocycles. The maximum absolute atomic E-state index is 12.1. The second-order valence-corrected chi connectivity index (χ2v) is 5.56. The highest BCUT2D eigenvalue weighted by atomic mass is 35.5. The predicted octanol–water partition coefficient (Wildman–Crippen LogP) is 3.32. The molecule has 0 fully saturated rings. The van der Waals surface area contributed by atoms with Crippen molar-refractivity contribution >= 4 is 28.9 Å². The van der Waals surface area contributed by atoms with Gasteiger partial charge in [0, 0.05) is 17.6 Å². The topological polar surface area (TPSA) is 75.5 Å². The fourth-order valence-electron chi connectivity index (χ4n) is 2.18. The molecule has 2 aromatic rings. The van der Waals surface area contributed by atoms with Crippen molar-refractivity contribution in [3.8, 4) is 0 Å². The van der Waals surface area contributed by atoms with Crippen molar-refractivity contribution < 1.29 is 9.72 Å². The molecule has 23 heavy (non-hydrogen) atoms. The smallest absolute Gasteiger partial charge is 0.292 e. The Labute approximate surface area is 138 Å². The number of nitro groups is 1. The van der Waals surface area contributed by atoms with Crippen LogP contribution in [0.5, 0.6) is 0 Å². The van der Waals surface area contributed by atoms with E-state index in [1.54, 1.807) is 30.1 Å². The molecule has 0 radical (unpaired) electrons. The first-order valence-electron chi connectivity index (χ1n) is 6.92. The van der Waals surface area contributed by atoms with Crippen LogP contribution in [0.1, 0.15) is 5.56 Å². The van der Waals surface area contributed by atoms with Gasteiger partial charge in [0.15, 0.2) is 0 Å². The normalized spacial score (nSPS) is 10.6. The van der Waals surface area contributed by atoms with Gasteiger partial charge in [-0.2, -0.15) is 0 Å². The standard InChI is InChI=1S/C16H16ClN3O3/c1-19(10-12-5-4-6-13(17)9-12)11-16(21)18-14-7-2-3-8-15(14)20(22)23/h2-9H,10-11H2,1H3,(H,18,21). The van der Waals surface area contributed by atoms with Gasteiger partial charge in [0.2, 0.25) is 5.91 Å². The highest BCUT2D eigenvalue weighted by Crippen LogP contribution is 2.23. The van der Waals surface area contributed by atoms with Gasteiger partial charge < -0.3 is 5.32 Å². The van der Waals surface area contributed by atoms with E-state index in [9.17, 15) is 14.9 Å². The molecule has 0 bridgehead atoms. The van der Waals surface area contributed by atoms with Gasteiger partial charge in [0.05, 0.1) is 11.5 Å². The van der Waals surface area contributed by atoms with E-state index in [-0.39, 0.29) is 23.8 Å². The molecule has 0 spiro atoms. The van der Waals surface area contributed by atoms with Crippen LogP contribution in [0.2, 0.25) is 5.02 Å². The summed E-state index contributed by atoms with van der Waals surface area (Å²) in [5.41, 5.74) is 1.05. The average Bonchev–Trinajstić information content (AvgIpc) is 2.47. The van der Waals surface area contributed by atoms with Gasteiger partial charge in [-0.3, -0.25) is 19.8 Å². The van der Waals surface area contributed by atoms with Crippen molar-refractivity contribution in [3.63, 3.8) is 0 Å². The number of amides is 1. The average molecular weight is 334 g/mol. The summed E-state index contributed by atoms with van der Waals surface area (Å²) in [6, 6.07) is 13.4. The zero-order valence-electron chi connectivity index (χ0n) is 12.5. The summed E-state index contributed by atoms with van der Waals surface area (Å²) in [5.74, 6) is -0.316. The van der Waals surface area contributed by atoms with Gasteiger partial charge in [-0.25, -0.2) is 0 Å². The predicted molar refractivity (Wildman–Crippen MR) is 89.5 cm³/mol. The summed E-state index contributed by atoms with van der Waals surface area (Å²) >= 11 is 5.93. The van der Waals surface area contributed by atoms with Crippen LogP contribution in [0.4, 0.5) is 11.4 Å². The van der Waals surface area contributed by atoms with Crippen molar-refractivity contribution in [2.24, 2.45) is 0 Å². The molecule has 0 atom stereocenters. The molecule has 120 valence electrons. The molecular formula is C16H16ClN3O3. The number of carbonyl (C=O) groups is 1. The lowest BCUT2D eigenvalue weighted by atomic mass is 10.2. The molecule has 6 nitrogen and oxygen atoms in total. The minimum absolute atomic E-state index is 0.110. The van der Waals surface area contributed by atoms with E-state index in [2.05, 4.69) is 5.32 Å². The summed E-state index contributed by atoms with van der Waals surface area (Å²) in [6.07, 6.45) is 0. The first-order chi connectivity index (χ1) is 11.0. The van der Waals surface area contributed by atoms with Crippen molar-refractivity contribution in [3.05, 3.63) is 69.2 Å². The van der Waals surface area contributed by atoms with Crippen LogP contribution in [-0.4, -0.2) is 29.3 Å². The van der Waals surface area contributed by atoms with Gasteiger partial charge in [0.25, 0.3) is 5.69 Å². The van der Waals surface area contributed by atoms with Crippen molar-refractivity contribution in [2.75, 3.05) is 18.9 Å². The summed E-state index contributed by atoms with van der Waals surface area (Å²) in [5, 5.41) is 14.1. The third-order valence-electron chi connectivity index (χ3n) is 3.13. The number of halogens is 1. The van der Waals surface area contributed by atoms with Crippen LogP contribution in [0, 0.1) is 10.1 Å². The number of nitro benzene ring substituents is 1. The quantitative estimate of drug-likeness (QED) is 0.650. The van der Waals surface area contributed by atoms with E-state index in [1.165, 1.54) is 12.1 Å². The van der Waals surface area contributed by atoms with Gasteiger partial charge in [-0.15, -0.1) is 0 Å². The van der Waals surface area contributed by atoms with Gasteiger partial charge in [0.1, 0.15) is 5.69 Å². The largest absolute Gasteiger partial charge is 0.319 e. The lowest BCUT2D eigenvalue weighted by molar-refractivity contribution is -0.383. The molecule has 2 rings (SSSR count). The van der Waals surface area contributed by atoms with Crippen LogP contribution in [0.25, 0.3) is 0 Å². The zero-order chi connectivity index (χ0) is 16.8. The maximum Gasteiger partial charge on any atom is 0.292 e. The fourth-order valence-corrected chi connectivity index (χ4v) is 2.39. The van der Waals surface area contributed by atoms with Crippen molar-refractivity contribution in [2.45, 2.75) is 6.54 Å². The number of carbonyl (C=O) groups excluding carboxylic acids is 1. The summed E-state index contributed by atoms with van der Waals surface area (Å²) < 4.78 is 0. The molecular weight excluding hydrogens is 318 g/mol. The first kappa shape index (κ1) is 16.9. The monoisotopic (exact) mass is 333 g/mol. The number of nitrogens with one attached hydrogen (secondary N) is 1. The molecule has 1 N–H and O–H groups in total. The van der Waals surface area contributed by atoms with Crippen LogP contribution in [0.15, 0.2) is 48.5 Å². The van der Waals surface area contributed by atoms with Crippen LogP contribution >= 0.6 is 11.6 Å². The van der Waals surface area contributed by atoms with Crippen LogP contribution in [0.3, 0.4) is 0 Å². The van der Waals surface area contributed by atoms with Crippen LogP contribution < -0.4 is 5.32 Å². The van der Waals surface area contributed by atoms with Gasteiger partial charge >= 0.3 is 0 Å². The lowest BCUT2D eigenvalue weighted by Gasteiger charge is -2.16. The van der Waals surface area contributed by atoms with E-state index in [4.69, 9.17) is 11.6 Å². The van der Waals surface area contributed by atoms with E-state index < -0.39 is 4.92 Å². The number of nitrogens with zero attached hydrogens (tertiary/aromatic N) is 2. The second kappa shape index (κ2) is 7.71. The number of rotatable bonds is 6. The van der Waals surface area contributed by atoms with Crippen LogP contribution in [-0.2, 0) is 11.3 Å². The Hall–Kier alpha value is -2.44. The fraction of sp³-hybridized carbons (Fsp3) is 0.188. The molecule has 0 saturated heterocycles. The third kappa shape index (κ3) is 5.05. The summed E-state index contributed by atoms with van der Waals surface area (Å²) in [6.45, 7) is 0.656. The molecule has 0 aliphatic carbocycles. The Morgan fingerprint density at radius 2 is 2.00 bits per heavy atom. The molecule has 0 aliphatic rings. The molecule has 1 amide bonds. The number of hydrogen-bond donors (Lipinski definition) is 1. The van der Waals surface area contributed by atoms with Gasteiger partial charge in [-0.1, -0.05) is 35.9 Å². The Morgan fingerprint density at radius 3 is 2.70 bits per heavy atom. The third-order valence-corrected chi connectivity index (χ3v) is 3.36. The minimum Gasteiger partial charge on any atom is -0.319 e. The number of benzene rings is 2. The highest BCUT2D eigenvalue weighted by Gasteiger charge is 2.15. The number of anilines is 1. The van der Waals surface area contributed by atoms with E-state index in [0.29, 0.717) is 11.6 Å². The molecule has 0 unspecified atom stereocenters. The highest BCUT2D eigenvalue weighted by molar-refractivity contribution is 6.30. The summed E-state index contributed by atoms with van der Waals surface area (Å²) in [7, 11) is 1.79. The van der Waals surface area contributed by atoms with Crippen molar-refractivity contribution in [1.29, 1.82) is 0 Å². The van der Waals surface area contributed by atoms with E-state index >= 15 is 0 Å². The van der Waals surface area contributed by atoms with E-state index in [0.717, 1.165) is 5.56 Å². The first-order valence-corrected chi connectivity index (χ1v) is 7.30. The zero-order valence-corrected chi connectivity index (χ0v) is 13.3. The van der Waals surface area contributed by atoms with E-state index in [1.807, 2.05) is 18.2 Å². The second-order valence-electron chi connectivity index (χ2n) is 5.12. The Kier molecular flexibility index (Phi) is 5.67.